The van der Waals surface area contributed by atoms with E-state index in [2.05, 4.69) is 13.8 Å². The summed E-state index contributed by atoms with van der Waals surface area (Å²) >= 11 is 0. The van der Waals surface area contributed by atoms with Crippen molar-refractivity contribution < 1.29 is 14.7 Å². The highest BCUT2D eigenvalue weighted by Gasteiger charge is 2.25. The van der Waals surface area contributed by atoms with Crippen LogP contribution in [0.3, 0.4) is 0 Å². The third-order valence-corrected chi connectivity index (χ3v) is 3.33. The minimum atomic E-state index is -0.825. The first-order valence-corrected chi connectivity index (χ1v) is 6.56. The van der Waals surface area contributed by atoms with E-state index in [-0.39, 0.29) is 24.7 Å². The molecule has 19 heavy (non-hydrogen) atoms. The SMILES string of the molecule is CC1CC(C)CN(C(=O)CN(C)CCC(=O)O)C1.Cl. The molecule has 5 nitrogen and oxygen atoms in total. The van der Waals surface area contributed by atoms with Gasteiger partial charge in [-0.1, -0.05) is 13.8 Å². The van der Waals surface area contributed by atoms with Gasteiger partial charge in [-0.2, -0.15) is 0 Å². The third-order valence-electron chi connectivity index (χ3n) is 3.33. The summed E-state index contributed by atoms with van der Waals surface area (Å²) in [6, 6.07) is 0. The summed E-state index contributed by atoms with van der Waals surface area (Å²) in [5.74, 6) is 0.403. The van der Waals surface area contributed by atoms with Crippen molar-refractivity contribution in [3.63, 3.8) is 0 Å². The molecule has 2 atom stereocenters. The van der Waals surface area contributed by atoms with Crippen LogP contribution < -0.4 is 0 Å². The summed E-state index contributed by atoms with van der Waals surface area (Å²) in [5, 5.41) is 8.59. The van der Waals surface area contributed by atoms with Crippen molar-refractivity contribution >= 4 is 24.3 Å². The average molecular weight is 293 g/mol. The van der Waals surface area contributed by atoms with Crippen LogP contribution in [-0.2, 0) is 9.59 Å². The Morgan fingerprint density at radius 2 is 1.79 bits per heavy atom. The van der Waals surface area contributed by atoms with E-state index in [0.29, 0.717) is 24.9 Å². The Kier molecular flexibility index (Phi) is 8.02. The number of likely N-dealkylation sites (N-methyl/N-ethyl adjacent to an activating group) is 1. The molecule has 1 N–H and O–H groups in total. The maximum Gasteiger partial charge on any atom is 0.304 e. The Balaban J connectivity index is 0.00000324. The van der Waals surface area contributed by atoms with Crippen LogP contribution >= 0.6 is 12.4 Å². The van der Waals surface area contributed by atoms with E-state index in [1.807, 2.05) is 4.90 Å². The highest BCUT2D eigenvalue weighted by molar-refractivity contribution is 5.85. The molecule has 112 valence electrons. The lowest BCUT2D eigenvalue weighted by Crippen LogP contribution is -2.46. The Hall–Kier alpha value is -0.810. The molecule has 1 aliphatic rings. The average Bonchev–Trinajstić information content (AvgIpc) is 2.25. The van der Waals surface area contributed by atoms with Crippen LogP contribution in [0.25, 0.3) is 0 Å². The number of amides is 1. The summed E-state index contributed by atoms with van der Waals surface area (Å²) < 4.78 is 0. The van der Waals surface area contributed by atoms with Crippen molar-refractivity contribution in [2.45, 2.75) is 26.7 Å². The second-order valence-electron chi connectivity index (χ2n) is 5.63. The number of likely N-dealkylation sites (tertiary alicyclic amines) is 1. The Bertz CT molecular complexity index is 302. The van der Waals surface area contributed by atoms with Gasteiger partial charge in [-0.3, -0.25) is 14.5 Å². The normalized spacial score (nSPS) is 23.1. The molecule has 1 rings (SSSR count). The molecule has 1 fully saturated rings. The Morgan fingerprint density at radius 3 is 2.26 bits per heavy atom. The molecular weight excluding hydrogens is 268 g/mol. The smallest absolute Gasteiger partial charge is 0.304 e. The zero-order valence-electron chi connectivity index (χ0n) is 12.0. The van der Waals surface area contributed by atoms with Gasteiger partial charge in [0.2, 0.25) is 5.91 Å². The van der Waals surface area contributed by atoms with E-state index in [1.165, 1.54) is 6.42 Å². The van der Waals surface area contributed by atoms with Crippen molar-refractivity contribution in [3.8, 4) is 0 Å². The van der Waals surface area contributed by atoms with Crippen LogP contribution in [0.2, 0.25) is 0 Å². The van der Waals surface area contributed by atoms with Crippen molar-refractivity contribution in [3.05, 3.63) is 0 Å². The fourth-order valence-corrected chi connectivity index (χ4v) is 2.56. The van der Waals surface area contributed by atoms with E-state index in [4.69, 9.17) is 5.11 Å². The van der Waals surface area contributed by atoms with Crippen molar-refractivity contribution in [1.29, 1.82) is 0 Å². The number of aliphatic carboxylic acids is 1. The molecule has 0 spiro atoms. The highest BCUT2D eigenvalue weighted by atomic mass is 35.5. The number of nitrogens with zero attached hydrogens (tertiary/aromatic N) is 2. The van der Waals surface area contributed by atoms with Gasteiger partial charge in [-0.05, 0) is 25.3 Å². The van der Waals surface area contributed by atoms with E-state index in [0.717, 1.165) is 13.1 Å². The van der Waals surface area contributed by atoms with Crippen molar-refractivity contribution in [1.82, 2.24) is 9.80 Å². The standard InChI is InChI=1S/C13H24N2O3.ClH/c1-10-6-11(2)8-15(7-10)12(16)9-14(3)5-4-13(17)18;/h10-11H,4-9H2,1-3H3,(H,17,18);1H. The third kappa shape index (κ3) is 6.78. The lowest BCUT2D eigenvalue weighted by molar-refractivity contribution is -0.139. The second-order valence-corrected chi connectivity index (χ2v) is 5.63. The van der Waals surface area contributed by atoms with Gasteiger partial charge in [0.05, 0.1) is 13.0 Å². The minimum absolute atomic E-state index is 0. The second kappa shape index (κ2) is 8.38. The molecule has 1 saturated heterocycles. The van der Waals surface area contributed by atoms with E-state index in [9.17, 15) is 9.59 Å². The summed E-state index contributed by atoms with van der Waals surface area (Å²) in [6.07, 6.45) is 1.26. The number of hydrogen-bond acceptors (Lipinski definition) is 3. The minimum Gasteiger partial charge on any atom is -0.481 e. The lowest BCUT2D eigenvalue weighted by atomic mass is 9.92. The van der Waals surface area contributed by atoms with Crippen LogP contribution in [0, 0.1) is 11.8 Å². The van der Waals surface area contributed by atoms with E-state index < -0.39 is 5.97 Å². The van der Waals surface area contributed by atoms with Gasteiger partial charge in [0.15, 0.2) is 0 Å². The first-order chi connectivity index (χ1) is 8.38. The van der Waals surface area contributed by atoms with E-state index in [1.54, 1.807) is 11.9 Å². The molecule has 0 aromatic rings. The molecule has 0 aromatic carbocycles. The summed E-state index contributed by atoms with van der Waals surface area (Å²) in [4.78, 5) is 26.2. The number of halogens is 1. The number of rotatable bonds is 5. The molecule has 6 heteroatoms. The molecule has 0 radical (unpaired) electrons. The summed E-state index contributed by atoms with van der Waals surface area (Å²) in [6.45, 7) is 6.73. The highest BCUT2D eigenvalue weighted by Crippen LogP contribution is 2.20. The van der Waals surface area contributed by atoms with Gasteiger partial charge in [0.25, 0.3) is 0 Å². The molecule has 1 heterocycles. The fraction of sp³-hybridized carbons (Fsp3) is 0.846. The maximum atomic E-state index is 12.1. The van der Waals surface area contributed by atoms with Crippen LogP contribution in [0.5, 0.6) is 0 Å². The number of carboxylic acid groups (broad SMARTS) is 1. The first kappa shape index (κ1) is 18.2. The van der Waals surface area contributed by atoms with E-state index >= 15 is 0 Å². The molecule has 1 aliphatic heterocycles. The zero-order valence-corrected chi connectivity index (χ0v) is 12.8. The van der Waals surface area contributed by atoms with Gasteiger partial charge < -0.3 is 10.0 Å². The first-order valence-electron chi connectivity index (χ1n) is 6.56. The molecule has 2 unspecified atom stereocenters. The predicted molar refractivity (Wildman–Crippen MR) is 76.5 cm³/mol. The number of hydrogen-bond donors (Lipinski definition) is 1. The summed E-state index contributed by atoms with van der Waals surface area (Å²) in [7, 11) is 1.79. The van der Waals surface area contributed by atoms with Gasteiger partial charge in [0.1, 0.15) is 0 Å². The molecule has 0 bridgehead atoms. The molecule has 0 aliphatic carbocycles. The van der Waals surface area contributed by atoms with Crippen molar-refractivity contribution in [2.24, 2.45) is 11.8 Å². The van der Waals surface area contributed by atoms with Gasteiger partial charge in [0, 0.05) is 19.6 Å². The fourth-order valence-electron chi connectivity index (χ4n) is 2.56. The number of carbonyl (C=O) groups is 2. The quantitative estimate of drug-likeness (QED) is 0.830. The lowest BCUT2D eigenvalue weighted by Gasteiger charge is -2.35. The molecular formula is C13H25ClN2O3. The number of carboxylic acids is 1. The maximum absolute atomic E-state index is 12.1. The molecule has 0 aromatic heterocycles. The Labute approximate surface area is 121 Å². The zero-order chi connectivity index (χ0) is 13.7. The predicted octanol–water partition coefficient (Wildman–Crippen LogP) is 1.32. The Morgan fingerprint density at radius 1 is 1.26 bits per heavy atom. The monoisotopic (exact) mass is 292 g/mol. The molecule has 0 saturated carbocycles. The van der Waals surface area contributed by atoms with Crippen LogP contribution in [0.15, 0.2) is 0 Å². The number of piperidine rings is 1. The summed E-state index contributed by atoms with van der Waals surface area (Å²) in [5.41, 5.74) is 0. The van der Waals surface area contributed by atoms with Gasteiger partial charge >= 0.3 is 5.97 Å². The van der Waals surface area contributed by atoms with Gasteiger partial charge in [-0.15, -0.1) is 12.4 Å². The van der Waals surface area contributed by atoms with Crippen LogP contribution in [-0.4, -0.2) is 60.0 Å². The van der Waals surface area contributed by atoms with Crippen molar-refractivity contribution in [2.75, 3.05) is 33.2 Å². The topological polar surface area (TPSA) is 60.9 Å². The molecule has 1 amide bonds. The largest absolute Gasteiger partial charge is 0.481 e. The van der Waals surface area contributed by atoms with Gasteiger partial charge in [-0.25, -0.2) is 0 Å². The van der Waals surface area contributed by atoms with Crippen LogP contribution in [0.1, 0.15) is 26.7 Å². The van der Waals surface area contributed by atoms with Crippen LogP contribution in [0.4, 0.5) is 0 Å². The number of carbonyl (C=O) groups excluding carboxylic acids is 1.